The number of rotatable bonds is 9. The highest BCUT2D eigenvalue weighted by Gasteiger charge is 2.25. The first-order chi connectivity index (χ1) is 11.4. The summed E-state index contributed by atoms with van der Waals surface area (Å²) in [6.07, 6.45) is 0.621. The Labute approximate surface area is 141 Å². The van der Waals surface area contributed by atoms with E-state index >= 15 is 0 Å². The maximum Gasteiger partial charge on any atom is 0.326 e. The Bertz CT molecular complexity index is 571. The van der Waals surface area contributed by atoms with Gasteiger partial charge in [-0.3, -0.25) is 9.59 Å². The van der Waals surface area contributed by atoms with Crippen LogP contribution in [-0.4, -0.2) is 42.1 Å². The highest BCUT2D eigenvalue weighted by atomic mass is 16.5. The summed E-state index contributed by atoms with van der Waals surface area (Å²) in [6, 6.07) is 5.56. The Kier molecular flexibility index (Phi) is 7.74. The maximum atomic E-state index is 12.0. The van der Waals surface area contributed by atoms with Crippen molar-refractivity contribution in [3.63, 3.8) is 0 Å². The molecule has 1 rings (SSSR count). The van der Waals surface area contributed by atoms with Crippen LogP contribution in [0.2, 0.25) is 0 Å². The van der Waals surface area contributed by atoms with Gasteiger partial charge in [-0.2, -0.15) is 0 Å². The molecule has 0 fully saturated rings. The third kappa shape index (κ3) is 5.91. The lowest BCUT2D eigenvalue weighted by Crippen LogP contribution is -2.48. The summed E-state index contributed by atoms with van der Waals surface area (Å²) < 4.78 is 5.29. The Balaban J connectivity index is 2.53. The zero-order chi connectivity index (χ0) is 18.1. The van der Waals surface area contributed by atoms with E-state index in [0.29, 0.717) is 24.3 Å². The van der Waals surface area contributed by atoms with Gasteiger partial charge in [0.15, 0.2) is 0 Å². The average molecular weight is 336 g/mol. The van der Waals surface area contributed by atoms with E-state index in [4.69, 9.17) is 9.84 Å². The number of nitrogens with one attached hydrogen (secondary N) is 2. The minimum Gasteiger partial charge on any atom is -0.494 e. The highest BCUT2D eigenvalue weighted by molar-refractivity contribution is 5.97. The lowest BCUT2D eigenvalue weighted by molar-refractivity contribution is -0.143. The van der Waals surface area contributed by atoms with E-state index < -0.39 is 23.8 Å². The zero-order valence-electron chi connectivity index (χ0n) is 14.2. The van der Waals surface area contributed by atoms with Crippen molar-refractivity contribution in [3.05, 3.63) is 29.8 Å². The summed E-state index contributed by atoms with van der Waals surface area (Å²) >= 11 is 0. The molecule has 24 heavy (non-hydrogen) atoms. The first-order valence-corrected chi connectivity index (χ1v) is 7.92. The van der Waals surface area contributed by atoms with Crippen LogP contribution in [0.25, 0.3) is 0 Å². The fourth-order valence-electron chi connectivity index (χ4n) is 2.04. The number of carboxylic acids is 1. The number of amides is 2. The number of aliphatic carboxylic acids is 1. The first-order valence-electron chi connectivity index (χ1n) is 7.92. The van der Waals surface area contributed by atoms with Crippen LogP contribution in [0.1, 0.15) is 37.6 Å². The predicted molar refractivity (Wildman–Crippen MR) is 89.0 cm³/mol. The summed E-state index contributed by atoms with van der Waals surface area (Å²) in [6.45, 7) is 5.71. The second kappa shape index (κ2) is 9.54. The van der Waals surface area contributed by atoms with Crippen molar-refractivity contribution in [2.75, 3.05) is 13.2 Å². The predicted octanol–water partition coefficient (Wildman–Crippen LogP) is 1.43. The van der Waals surface area contributed by atoms with Crippen molar-refractivity contribution in [1.82, 2.24) is 10.6 Å². The number of carbonyl (C=O) groups excluding carboxylic acids is 2. The Hall–Kier alpha value is -2.57. The summed E-state index contributed by atoms with van der Waals surface area (Å²) in [7, 11) is 0. The van der Waals surface area contributed by atoms with E-state index in [9.17, 15) is 14.4 Å². The van der Waals surface area contributed by atoms with Gasteiger partial charge in [0.05, 0.1) is 13.2 Å². The van der Waals surface area contributed by atoms with E-state index in [1.165, 1.54) is 0 Å². The van der Waals surface area contributed by atoms with Gasteiger partial charge in [0.2, 0.25) is 5.91 Å². The van der Waals surface area contributed by atoms with Crippen molar-refractivity contribution < 1.29 is 24.2 Å². The molecule has 0 saturated carbocycles. The van der Waals surface area contributed by atoms with E-state index in [0.717, 1.165) is 0 Å². The molecule has 7 heteroatoms. The molecule has 0 radical (unpaired) electrons. The molecule has 7 nitrogen and oxygen atoms in total. The molecule has 0 heterocycles. The normalized spacial score (nSPS) is 12.8. The number of carbonyl (C=O) groups is 3. The zero-order valence-corrected chi connectivity index (χ0v) is 14.2. The van der Waals surface area contributed by atoms with Gasteiger partial charge >= 0.3 is 5.97 Å². The highest BCUT2D eigenvalue weighted by Crippen LogP contribution is 2.12. The quantitative estimate of drug-likeness (QED) is 0.633. The van der Waals surface area contributed by atoms with Gasteiger partial charge in [0.25, 0.3) is 5.91 Å². The van der Waals surface area contributed by atoms with Crippen LogP contribution in [-0.2, 0) is 9.59 Å². The Morgan fingerprint density at radius 1 is 1.17 bits per heavy atom. The summed E-state index contributed by atoms with van der Waals surface area (Å²) in [5, 5.41) is 14.0. The largest absolute Gasteiger partial charge is 0.494 e. The molecule has 0 bridgehead atoms. The van der Waals surface area contributed by atoms with Gasteiger partial charge in [-0.05, 0) is 37.1 Å². The number of carboxylic acid groups (broad SMARTS) is 1. The van der Waals surface area contributed by atoms with Crippen molar-refractivity contribution in [1.29, 1.82) is 0 Å². The number of benzene rings is 1. The van der Waals surface area contributed by atoms with Crippen LogP contribution in [0.15, 0.2) is 24.3 Å². The van der Waals surface area contributed by atoms with Crippen LogP contribution in [0.5, 0.6) is 5.75 Å². The SMILES string of the molecule is CCOc1ccc(C(=O)NCC(=O)NC(C(=O)O)C(C)CC)cc1. The van der Waals surface area contributed by atoms with Crippen molar-refractivity contribution in [3.8, 4) is 5.75 Å². The Morgan fingerprint density at radius 3 is 2.29 bits per heavy atom. The monoisotopic (exact) mass is 336 g/mol. The molecule has 0 aliphatic rings. The molecule has 3 N–H and O–H groups in total. The standard InChI is InChI=1S/C17H24N2O5/c1-4-11(3)15(17(22)23)19-14(20)10-18-16(21)12-6-8-13(9-7-12)24-5-2/h6-9,11,15H,4-5,10H2,1-3H3,(H,18,21)(H,19,20)(H,22,23). The molecule has 0 spiro atoms. The third-order valence-electron chi connectivity index (χ3n) is 3.63. The molecule has 132 valence electrons. The molecule has 0 aliphatic heterocycles. The van der Waals surface area contributed by atoms with Gasteiger partial charge < -0.3 is 20.5 Å². The second-order valence-corrected chi connectivity index (χ2v) is 5.41. The summed E-state index contributed by atoms with van der Waals surface area (Å²) in [5.74, 6) is -1.58. The summed E-state index contributed by atoms with van der Waals surface area (Å²) in [4.78, 5) is 35.0. The molecule has 0 aliphatic carbocycles. The topological polar surface area (TPSA) is 105 Å². The van der Waals surface area contributed by atoms with Gasteiger partial charge in [-0.25, -0.2) is 4.79 Å². The van der Waals surface area contributed by atoms with Crippen LogP contribution in [0, 0.1) is 5.92 Å². The molecule has 2 unspecified atom stereocenters. The van der Waals surface area contributed by atoms with Crippen molar-refractivity contribution >= 4 is 17.8 Å². The van der Waals surface area contributed by atoms with Gasteiger partial charge in [-0.1, -0.05) is 20.3 Å². The third-order valence-corrected chi connectivity index (χ3v) is 3.63. The van der Waals surface area contributed by atoms with Crippen LogP contribution in [0.3, 0.4) is 0 Å². The van der Waals surface area contributed by atoms with Crippen molar-refractivity contribution in [2.24, 2.45) is 5.92 Å². The number of hydrogen-bond donors (Lipinski definition) is 3. The van der Waals surface area contributed by atoms with E-state index in [2.05, 4.69) is 10.6 Å². The fourth-order valence-corrected chi connectivity index (χ4v) is 2.04. The van der Waals surface area contributed by atoms with Gasteiger partial charge in [0, 0.05) is 5.56 Å². The fraction of sp³-hybridized carbons (Fsp3) is 0.471. The minimum absolute atomic E-state index is 0.201. The smallest absolute Gasteiger partial charge is 0.326 e. The Morgan fingerprint density at radius 2 is 1.79 bits per heavy atom. The average Bonchev–Trinajstić information content (AvgIpc) is 2.57. The maximum absolute atomic E-state index is 12.0. The summed E-state index contributed by atoms with van der Waals surface area (Å²) in [5.41, 5.74) is 0.392. The van der Waals surface area contributed by atoms with Gasteiger partial charge in [0.1, 0.15) is 11.8 Å². The second-order valence-electron chi connectivity index (χ2n) is 5.41. The molecule has 2 amide bonds. The van der Waals surface area contributed by atoms with E-state index in [1.54, 1.807) is 31.2 Å². The van der Waals surface area contributed by atoms with Gasteiger partial charge in [-0.15, -0.1) is 0 Å². The molecular formula is C17H24N2O5. The van der Waals surface area contributed by atoms with E-state index in [1.807, 2.05) is 13.8 Å². The molecule has 2 atom stereocenters. The molecule has 0 saturated heterocycles. The van der Waals surface area contributed by atoms with Crippen LogP contribution in [0.4, 0.5) is 0 Å². The first kappa shape index (κ1) is 19.5. The molecular weight excluding hydrogens is 312 g/mol. The van der Waals surface area contributed by atoms with Crippen LogP contribution >= 0.6 is 0 Å². The molecule has 1 aromatic rings. The minimum atomic E-state index is -1.09. The molecule has 0 aromatic heterocycles. The number of ether oxygens (including phenoxy) is 1. The van der Waals surface area contributed by atoms with Crippen LogP contribution < -0.4 is 15.4 Å². The lowest BCUT2D eigenvalue weighted by Gasteiger charge is -2.20. The lowest BCUT2D eigenvalue weighted by atomic mass is 9.99. The number of hydrogen-bond acceptors (Lipinski definition) is 4. The molecule has 1 aromatic carbocycles. The van der Waals surface area contributed by atoms with Crippen molar-refractivity contribution in [2.45, 2.75) is 33.2 Å². The van der Waals surface area contributed by atoms with E-state index in [-0.39, 0.29) is 12.5 Å².